The molecule has 0 aromatic carbocycles. The Morgan fingerprint density at radius 2 is 1.75 bits per heavy atom. The molecule has 14 heteroatoms. The normalized spacial score (nSPS) is 12.2. The highest BCUT2D eigenvalue weighted by molar-refractivity contribution is 7.71. The van der Waals surface area contributed by atoms with Crippen LogP contribution in [0.5, 0.6) is 0 Å². The van der Waals surface area contributed by atoms with Crippen LogP contribution in [0, 0.1) is 6.92 Å². The zero-order valence-electron chi connectivity index (χ0n) is 17.2. The summed E-state index contributed by atoms with van der Waals surface area (Å²) in [6.07, 6.45) is 5.61. The summed E-state index contributed by atoms with van der Waals surface area (Å²) in [5, 5.41) is 3.07. The van der Waals surface area contributed by atoms with E-state index in [9.17, 15) is 28.7 Å². The minimum atomic E-state index is -5.10. The Morgan fingerprint density at radius 3 is 2.31 bits per heavy atom. The third-order valence-corrected chi connectivity index (χ3v) is 9.01. The number of aromatic nitrogens is 3. The van der Waals surface area contributed by atoms with Crippen molar-refractivity contribution < 1.29 is 28.7 Å². The number of nitrogens with one attached hydrogen (secondary N) is 1. The van der Waals surface area contributed by atoms with Crippen molar-refractivity contribution in [3.63, 3.8) is 0 Å². The second-order valence-electron chi connectivity index (χ2n) is 7.03. The van der Waals surface area contributed by atoms with Gasteiger partial charge >= 0.3 is 15.2 Å². The summed E-state index contributed by atoms with van der Waals surface area (Å²) in [5.41, 5.74) is 0.380. The Hall–Kier alpha value is -2.17. The van der Waals surface area contributed by atoms with Crippen LogP contribution in [0.2, 0.25) is 0 Å². The number of hydrogen-bond acceptors (Lipinski definition) is 8. The van der Waals surface area contributed by atoms with Gasteiger partial charge in [0.2, 0.25) is 5.52 Å². The smallest absolute Gasteiger partial charge is 0.360 e. The molecule has 3 aromatic rings. The molecule has 3 aromatic heterocycles. The van der Waals surface area contributed by atoms with Crippen molar-refractivity contribution in [3.8, 4) is 10.6 Å². The van der Waals surface area contributed by atoms with Gasteiger partial charge in [0.15, 0.2) is 0 Å². The minimum Gasteiger partial charge on any atom is -0.373 e. The summed E-state index contributed by atoms with van der Waals surface area (Å²) in [5.74, 6) is -0.0591. The van der Waals surface area contributed by atoms with Crippen molar-refractivity contribution in [1.82, 2.24) is 15.0 Å². The second kappa shape index (κ2) is 9.76. The molecule has 0 spiro atoms. The van der Waals surface area contributed by atoms with E-state index in [1.807, 2.05) is 31.0 Å². The maximum absolute atomic E-state index is 11.4. The Balaban J connectivity index is 1.64. The predicted octanol–water partition coefficient (Wildman–Crippen LogP) is 2.64. The molecule has 11 nitrogen and oxygen atoms in total. The number of rotatable bonds is 9. The first-order chi connectivity index (χ1) is 14.9. The molecule has 0 aliphatic heterocycles. The fraction of sp³-hybridized carbons (Fsp3) is 0.278. The average molecular weight is 499 g/mol. The molecule has 5 N–H and O–H groups in total. The molecule has 0 unspecified atom stereocenters. The summed E-state index contributed by atoms with van der Waals surface area (Å²) in [4.78, 5) is 52.7. The number of nitrogens with zero attached hydrogens (tertiary/aromatic N) is 4. The zero-order valence-corrected chi connectivity index (χ0v) is 19.8. The molecule has 0 radical (unpaired) electrons. The summed E-state index contributed by atoms with van der Waals surface area (Å²) >= 11 is 1.62. The highest BCUT2D eigenvalue weighted by Crippen LogP contribution is 2.59. The summed E-state index contributed by atoms with van der Waals surface area (Å²) in [7, 11) is -8.33. The minimum absolute atomic E-state index is 0.0591. The van der Waals surface area contributed by atoms with Gasteiger partial charge in [-0.2, -0.15) is 0 Å². The fourth-order valence-electron chi connectivity index (χ4n) is 2.87. The van der Waals surface area contributed by atoms with E-state index in [0.29, 0.717) is 13.0 Å². The van der Waals surface area contributed by atoms with E-state index in [4.69, 9.17) is 4.98 Å². The molecular weight excluding hydrogens is 476 g/mol. The number of thiazole rings is 1. The van der Waals surface area contributed by atoms with Gasteiger partial charge in [-0.3, -0.25) is 14.1 Å². The van der Waals surface area contributed by atoms with Gasteiger partial charge in [0, 0.05) is 42.8 Å². The molecule has 32 heavy (non-hydrogen) atoms. The molecule has 172 valence electrons. The van der Waals surface area contributed by atoms with Crippen LogP contribution in [0.4, 0.5) is 11.5 Å². The molecule has 0 fully saturated rings. The molecule has 0 aliphatic carbocycles. The summed E-state index contributed by atoms with van der Waals surface area (Å²) < 4.78 is 22.8. The first-order valence-electron chi connectivity index (χ1n) is 9.36. The van der Waals surface area contributed by atoms with E-state index in [0.717, 1.165) is 26.8 Å². The van der Waals surface area contributed by atoms with Gasteiger partial charge in [-0.05, 0) is 31.2 Å². The van der Waals surface area contributed by atoms with Crippen molar-refractivity contribution in [3.05, 3.63) is 53.4 Å². The third kappa shape index (κ3) is 6.20. The Labute approximate surface area is 188 Å². The molecule has 0 bridgehead atoms. The fourth-order valence-corrected chi connectivity index (χ4v) is 6.01. The SMILES string of the molecule is Cc1sc(-c2ccncc2)nc1CCN(C)c1ccc(NC(P(=O)(O)O)P(=O)(O)O)nc1. The van der Waals surface area contributed by atoms with E-state index in [1.165, 1.54) is 12.3 Å². The Kier molecular flexibility index (Phi) is 7.46. The number of hydrogen-bond donors (Lipinski definition) is 5. The first kappa shape index (κ1) is 24.5. The van der Waals surface area contributed by atoms with Crippen molar-refractivity contribution in [1.29, 1.82) is 0 Å². The lowest BCUT2D eigenvalue weighted by molar-refractivity contribution is 0.343. The van der Waals surface area contributed by atoms with Crippen LogP contribution in [0.1, 0.15) is 10.6 Å². The third-order valence-electron chi connectivity index (χ3n) is 4.61. The van der Waals surface area contributed by atoms with E-state index in [2.05, 4.69) is 15.3 Å². The Bertz CT molecular complexity index is 1130. The maximum Gasteiger partial charge on any atom is 0.360 e. The molecule has 0 saturated heterocycles. The summed E-state index contributed by atoms with van der Waals surface area (Å²) in [6.45, 7) is 2.67. The van der Waals surface area contributed by atoms with Crippen LogP contribution in [0.25, 0.3) is 10.6 Å². The number of likely N-dealkylation sites (N-methyl/N-ethyl adjacent to an activating group) is 1. The van der Waals surface area contributed by atoms with Gasteiger partial charge < -0.3 is 29.8 Å². The lowest BCUT2D eigenvalue weighted by atomic mass is 10.2. The quantitative estimate of drug-likeness (QED) is 0.274. The van der Waals surface area contributed by atoms with E-state index < -0.39 is 20.7 Å². The van der Waals surface area contributed by atoms with Crippen molar-refractivity contribution in [2.24, 2.45) is 0 Å². The standard InChI is InChI=1S/C18H23N5O6P2S/c1-12-15(21-17(32-12)13-5-8-19-9-6-13)7-10-23(2)14-3-4-16(20-11-14)22-18(30(24,25)26)31(27,28)29/h3-6,8-9,11,18H,7,10H2,1-2H3,(H,20,22)(H2,24,25,26)(H2,27,28,29). The highest BCUT2D eigenvalue weighted by Gasteiger charge is 2.43. The largest absolute Gasteiger partial charge is 0.373 e. The van der Waals surface area contributed by atoms with Gasteiger partial charge in [0.25, 0.3) is 0 Å². The lowest BCUT2D eigenvalue weighted by Crippen LogP contribution is -2.22. The molecule has 3 heterocycles. The van der Waals surface area contributed by atoms with Gasteiger partial charge in [0.05, 0.1) is 17.6 Å². The molecule has 0 amide bonds. The van der Waals surface area contributed by atoms with Gasteiger partial charge in [-0.15, -0.1) is 11.3 Å². The second-order valence-corrected chi connectivity index (χ2v) is 12.0. The first-order valence-corrected chi connectivity index (χ1v) is 13.5. The van der Waals surface area contributed by atoms with Crippen LogP contribution in [-0.2, 0) is 15.6 Å². The zero-order chi connectivity index (χ0) is 23.5. The van der Waals surface area contributed by atoms with Crippen molar-refractivity contribution in [2.75, 3.05) is 23.8 Å². The lowest BCUT2D eigenvalue weighted by Gasteiger charge is -2.22. The maximum atomic E-state index is 11.4. The van der Waals surface area contributed by atoms with Crippen LogP contribution in [-0.4, -0.2) is 53.6 Å². The van der Waals surface area contributed by atoms with E-state index >= 15 is 0 Å². The monoisotopic (exact) mass is 499 g/mol. The van der Waals surface area contributed by atoms with E-state index in [1.54, 1.807) is 29.8 Å². The highest BCUT2D eigenvalue weighted by atomic mass is 32.1. The van der Waals surface area contributed by atoms with Gasteiger partial charge in [-0.1, -0.05) is 0 Å². The molecule has 0 saturated carbocycles. The average Bonchev–Trinajstić information content (AvgIpc) is 3.10. The van der Waals surface area contributed by atoms with E-state index in [-0.39, 0.29) is 5.82 Å². The molecule has 0 aliphatic rings. The Morgan fingerprint density at radius 1 is 1.09 bits per heavy atom. The van der Waals surface area contributed by atoms with Gasteiger partial charge in [0.1, 0.15) is 10.8 Å². The number of aryl methyl sites for hydroxylation is 1. The van der Waals surface area contributed by atoms with Crippen molar-refractivity contribution >= 4 is 38.0 Å². The van der Waals surface area contributed by atoms with Crippen molar-refractivity contribution in [2.45, 2.75) is 18.9 Å². The molecular formula is C18H23N5O6P2S. The van der Waals surface area contributed by atoms with Crippen LogP contribution < -0.4 is 10.2 Å². The number of anilines is 2. The predicted molar refractivity (Wildman–Crippen MR) is 123 cm³/mol. The number of pyridine rings is 2. The molecule has 0 atom stereocenters. The van der Waals surface area contributed by atoms with Gasteiger partial charge in [-0.25, -0.2) is 9.97 Å². The van der Waals surface area contributed by atoms with Crippen LogP contribution in [0.3, 0.4) is 0 Å². The summed E-state index contributed by atoms with van der Waals surface area (Å²) in [6, 6.07) is 6.87. The van der Waals surface area contributed by atoms with Crippen LogP contribution >= 0.6 is 26.5 Å². The topological polar surface area (TPSA) is 169 Å². The molecule has 3 rings (SSSR count). The van der Waals surface area contributed by atoms with Crippen LogP contribution in [0.15, 0.2) is 42.9 Å².